The van der Waals surface area contributed by atoms with Crippen molar-refractivity contribution in [3.63, 3.8) is 0 Å². The fraction of sp³-hybridized carbons (Fsp3) is 0.238. The summed E-state index contributed by atoms with van der Waals surface area (Å²) in [5.41, 5.74) is 2.15. The third kappa shape index (κ3) is 3.87. The molecule has 0 unspecified atom stereocenters. The van der Waals surface area contributed by atoms with E-state index in [4.69, 9.17) is 9.25 Å². The minimum atomic E-state index is -0.767. The van der Waals surface area contributed by atoms with Crippen molar-refractivity contribution >= 4 is 11.6 Å². The first-order chi connectivity index (χ1) is 14.0. The van der Waals surface area contributed by atoms with Gasteiger partial charge in [0.1, 0.15) is 5.82 Å². The van der Waals surface area contributed by atoms with Gasteiger partial charge in [-0.15, -0.1) is 10.2 Å². The fourth-order valence-electron chi connectivity index (χ4n) is 3.14. The number of oxime groups is 1. The Kier molecular flexibility index (Phi) is 5.07. The number of amides is 1. The number of likely N-dealkylation sites (N-methyl/N-ethyl adjacent to an activating group) is 1. The van der Waals surface area contributed by atoms with Crippen molar-refractivity contribution in [2.24, 2.45) is 11.1 Å². The molecule has 0 saturated heterocycles. The van der Waals surface area contributed by atoms with Gasteiger partial charge in [0.2, 0.25) is 17.9 Å². The first-order valence-electron chi connectivity index (χ1n) is 9.15. The van der Waals surface area contributed by atoms with E-state index in [2.05, 4.69) is 15.4 Å². The molecule has 2 heterocycles. The van der Waals surface area contributed by atoms with E-state index >= 15 is 0 Å². The summed E-state index contributed by atoms with van der Waals surface area (Å²) in [6.45, 7) is 2.00. The lowest BCUT2D eigenvalue weighted by Crippen LogP contribution is -2.40. The molecule has 29 heavy (non-hydrogen) atoms. The number of carbonyl (C=O) groups is 1. The highest BCUT2D eigenvalue weighted by molar-refractivity contribution is 6.05. The van der Waals surface area contributed by atoms with E-state index in [0.29, 0.717) is 17.5 Å². The van der Waals surface area contributed by atoms with Crippen LogP contribution in [0.4, 0.5) is 4.39 Å². The average molecular weight is 394 g/mol. The number of benzene rings is 2. The molecule has 7 nitrogen and oxygen atoms in total. The molecule has 0 N–H and O–H groups in total. The summed E-state index contributed by atoms with van der Waals surface area (Å²) < 4.78 is 18.8. The largest absolute Gasteiger partial charge is 0.419 e. The van der Waals surface area contributed by atoms with Crippen LogP contribution in [0.2, 0.25) is 0 Å². The second-order valence-corrected chi connectivity index (χ2v) is 6.86. The summed E-state index contributed by atoms with van der Waals surface area (Å²) in [6.07, 6.45) is -0.767. The number of nitrogens with zero attached hydrogens (tertiary/aromatic N) is 4. The van der Waals surface area contributed by atoms with Gasteiger partial charge in [-0.3, -0.25) is 4.79 Å². The van der Waals surface area contributed by atoms with Gasteiger partial charge in [0.05, 0.1) is 18.2 Å². The van der Waals surface area contributed by atoms with E-state index in [0.717, 1.165) is 11.1 Å². The van der Waals surface area contributed by atoms with Gasteiger partial charge >= 0.3 is 0 Å². The number of aromatic nitrogens is 2. The van der Waals surface area contributed by atoms with Crippen LogP contribution in [-0.4, -0.2) is 39.9 Å². The monoisotopic (exact) mass is 394 g/mol. The molecule has 8 heteroatoms. The van der Waals surface area contributed by atoms with Crippen LogP contribution in [0.3, 0.4) is 0 Å². The van der Waals surface area contributed by atoms with E-state index < -0.39 is 6.10 Å². The number of carbonyl (C=O) groups excluding carboxylic acids is 1. The Morgan fingerprint density at radius 1 is 1.07 bits per heavy atom. The topological polar surface area (TPSA) is 80.8 Å². The number of hydrogen-bond acceptors (Lipinski definition) is 6. The minimum absolute atomic E-state index is 0.150. The second kappa shape index (κ2) is 7.83. The first kappa shape index (κ1) is 18.8. The van der Waals surface area contributed by atoms with E-state index in [1.54, 1.807) is 19.2 Å². The van der Waals surface area contributed by atoms with Crippen LogP contribution in [-0.2, 0) is 16.2 Å². The lowest BCUT2D eigenvalue weighted by Gasteiger charge is -2.20. The maximum Gasteiger partial charge on any atom is 0.267 e. The molecule has 1 aliphatic heterocycles. The Morgan fingerprint density at radius 2 is 1.79 bits per heavy atom. The normalized spacial score (nSPS) is 18.2. The smallest absolute Gasteiger partial charge is 0.267 e. The molecule has 148 valence electrons. The van der Waals surface area contributed by atoms with Gasteiger partial charge in [0, 0.05) is 12.6 Å². The second-order valence-electron chi connectivity index (χ2n) is 6.86. The molecular weight excluding hydrogens is 375 g/mol. The van der Waals surface area contributed by atoms with E-state index in [1.165, 1.54) is 17.0 Å². The van der Waals surface area contributed by atoms with Crippen LogP contribution in [0.25, 0.3) is 11.5 Å². The minimum Gasteiger partial charge on any atom is -0.419 e. The Bertz CT molecular complexity index is 1030. The number of hydrogen-bond donors (Lipinski definition) is 0. The van der Waals surface area contributed by atoms with Gasteiger partial charge in [-0.05, 0) is 29.8 Å². The molecule has 0 spiro atoms. The molecule has 2 atom stereocenters. The number of halogens is 1. The SMILES string of the molecule is C[C@H]1C(c2ccc(F)cc2)=NO[C@@H]1C(=O)N(C)Cc1nnc(-c2ccccc2)o1. The van der Waals surface area contributed by atoms with Gasteiger partial charge in [0.15, 0.2) is 0 Å². The summed E-state index contributed by atoms with van der Waals surface area (Å²) in [4.78, 5) is 19.7. The van der Waals surface area contributed by atoms with Gasteiger partial charge < -0.3 is 14.2 Å². The van der Waals surface area contributed by atoms with Crippen LogP contribution in [0.15, 0.2) is 64.2 Å². The molecule has 3 aromatic rings. The highest BCUT2D eigenvalue weighted by atomic mass is 19.1. The van der Waals surface area contributed by atoms with Gasteiger partial charge in [-0.2, -0.15) is 0 Å². The van der Waals surface area contributed by atoms with Crippen LogP contribution in [0.5, 0.6) is 0 Å². The predicted octanol–water partition coefficient (Wildman–Crippen LogP) is 3.27. The summed E-state index contributed by atoms with van der Waals surface area (Å²) in [5, 5.41) is 12.1. The molecular formula is C21H19FN4O3. The standard InChI is InChI=1S/C21H19FN4O3/c1-13-18(14-8-10-16(22)11-9-14)25-29-19(13)21(27)26(2)12-17-23-24-20(28-17)15-6-4-3-5-7-15/h3-11,13,19H,12H2,1-2H3/t13-,19-/m0/s1. The molecule has 2 aromatic carbocycles. The molecule has 1 aromatic heterocycles. The lowest BCUT2D eigenvalue weighted by molar-refractivity contribution is -0.143. The fourth-order valence-corrected chi connectivity index (χ4v) is 3.14. The zero-order valence-corrected chi connectivity index (χ0v) is 15.9. The van der Waals surface area contributed by atoms with Crippen molar-refractivity contribution in [1.29, 1.82) is 0 Å². The Balaban J connectivity index is 1.41. The summed E-state index contributed by atoms with van der Waals surface area (Å²) in [5.74, 6) is -0.141. The lowest BCUT2D eigenvalue weighted by atomic mass is 9.93. The summed E-state index contributed by atoms with van der Waals surface area (Å²) in [7, 11) is 1.64. The molecule has 0 bridgehead atoms. The van der Waals surface area contributed by atoms with E-state index in [-0.39, 0.29) is 24.2 Å². The quantitative estimate of drug-likeness (QED) is 0.663. The van der Waals surface area contributed by atoms with Gasteiger partial charge in [-0.25, -0.2) is 4.39 Å². The van der Waals surface area contributed by atoms with Gasteiger partial charge in [-0.1, -0.05) is 42.4 Å². The van der Waals surface area contributed by atoms with Crippen molar-refractivity contribution < 1.29 is 18.4 Å². The summed E-state index contributed by atoms with van der Waals surface area (Å²) >= 11 is 0. The molecule has 0 radical (unpaired) electrons. The van der Waals surface area contributed by atoms with Crippen molar-refractivity contribution in [1.82, 2.24) is 15.1 Å². The van der Waals surface area contributed by atoms with Crippen LogP contribution in [0, 0.1) is 11.7 Å². The molecule has 1 amide bonds. The maximum absolute atomic E-state index is 13.1. The number of rotatable bonds is 5. The molecule has 1 aliphatic rings. The average Bonchev–Trinajstić information content (AvgIpc) is 3.35. The van der Waals surface area contributed by atoms with E-state index in [1.807, 2.05) is 37.3 Å². The van der Waals surface area contributed by atoms with Crippen LogP contribution >= 0.6 is 0 Å². The highest BCUT2D eigenvalue weighted by Gasteiger charge is 2.38. The zero-order valence-electron chi connectivity index (χ0n) is 15.9. The first-order valence-corrected chi connectivity index (χ1v) is 9.15. The highest BCUT2D eigenvalue weighted by Crippen LogP contribution is 2.25. The Morgan fingerprint density at radius 3 is 2.52 bits per heavy atom. The molecule has 0 fully saturated rings. The van der Waals surface area contributed by atoms with E-state index in [9.17, 15) is 9.18 Å². The third-order valence-electron chi connectivity index (χ3n) is 4.77. The molecule has 0 aliphatic carbocycles. The van der Waals surface area contributed by atoms with Crippen LogP contribution < -0.4 is 0 Å². The zero-order chi connectivity index (χ0) is 20.4. The van der Waals surface area contributed by atoms with Crippen molar-refractivity contribution in [3.8, 4) is 11.5 Å². The van der Waals surface area contributed by atoms with Crippen molar-refractivity contribution in [2.75, 3.05) is 7.05 Å². The maximum atomic E-state index is 13.1. The Hall–Kier alpha value is -3.55. The van der Waals surface area contributed by atoms with Gasteiger partial charge in [0.25, 0.3) is 5.91 Å². The Labute approximate surface area is 166 Å². The molecule has 4 rings (SSSR count). The van der Waals surface area contributed by atoms with Crippen LogP contribution in [0.1, 0.15) is 18.4 Å². The van der Waals surface area contributed by atoms with Crippen molar-refractivity contribution in [3.05, 3.63) is 71.9 Å². The van der Waals surface area contributed by atoms with Crippen molar-refractivity contribution in [2.45, 2.75) is 19.6 Å². The molecule has 0 saturated carbocycles. The predicted molar refractivity (Wildman–Crippen MR) is 103 cm³/mol. The third-order valence-corrected chi connectivity index (χ3v) is 4.77. The summed E-state index contributed by atoms with van der Waals surface area (Å²) in [6, 6.07) is 15.3.